The van der Waals surface area contributed by atoms with Gasteiger partial charge in [0, 0.05) is 6.42 Å². The Morgan fingerprint density at radius 2 is 2.27 bits per heavy atom. The van der Waals surface area contributed by atoms with Crippen LogP contribution in [0.5, 0.6) is 0 Å². The maximum absolute atomic E-state index is 13.3. The molecule has 80 valence electrons. The summed E-state index contributed by atoms with van der Waals surface area (Å²) in [6, 6.07) is 4.99. The molecule has 0 aliphatic rings. The fourth-order valence-corrected chi connectivity index (χ4v) is 1.62. The Bertz CT molecular complexity index is 462. The van der Waals surface area contributed by atoms with Crippen LogP contribution in [-0.4, -0.2) is 9.97 Å². The average Bonchev–Trinajstić information content (AvgIpc) is 2.62. The van der Waals surface area contributed by atoms with E-state index in [1.54, 1.807) is 6.07 Å². The Labute approximate surface area is 88.5 Å². The van der Waals surface area contributed by atoms with Crippen molar-refractivity contribution < 1.29 is 4.39 Å². The number of H-pyrrole nitrogens is 1. The van der Waals surface area contributed by atoms with Gasteiger partial charge in [-0.3, -0.25) is 0 Å². The van der Waals surface area contributed by atoms with Gasteiger partial charge in [0.25, 0.3) is 0 Å². The standard InChI is InChI=1S/C12H15FN2/c1-3-8(2)7-11-14-10-6-4-5-9(13)12(10)15-11/h4-6,8H,3,7H2,1-2H3,(H,14,15). The number of nitrogens with one attached hydrogen (secondary N) is 1. The van der Waals surface area contributed by atoms with Crippen molar-refractivity contribution in [2.24, 2.45) is 5.92 Å². The SMILES string of the molecule is CCC(C)Cc1nc2c(F)cccc2[nH]1. The molecule has 2 nitrogen and oxygen atoms in total. The highest BCUT2D eigenvalue weighted by Crippen LogP contribution is 2.17. The molecule has 1 unspecified atom stereocenters. The van der Waals surface area contributed by atoms with E-state index in [1.807, 2.05) is 6.07 Å². The zero-order valence-electron chi connectivity index (χ0n) is 9.05. The van der Waals surface area contributed by atoms with Crippen molar-refractivity contribution in [3.8, 4) is 0 Å². The molecule has 0 fully saturated rings. The van der Waals surface area contributed by atoms with Crippen LogP contribution in [0, 0.1) is 11.7 Å². The van der Waals surface area contributed by atoms with Crippen LogP contribution in [0.25, 0.3) is 11.0 Å². The van der Waals surface area contributed by atoms with Crippen molar-refractivity contribution in [1.29, 1.82) is 0 Å². The van der Waals surface area contributed by atoms with Crippen LogP contribution in [0.2, 0.25) is 0 Å². The topological polar surface area (TPSA) is 28.7 Å². The molecule has 2 rings (SSSR count). The van der Waals surface area contributed by atoms with Crippen LogP contribution in [-0.2, 0) is 6.42 Å². The minimum Gasteiger partial charge on any atom is -0.342 e. The summed E-state index contributed by atoms with van der Waals surface area (Å²) in [5, 5.41) is 0. The third-order valence-corrected chi connectivity index (χ3v) is 2.75. The number of para-hydroxylation sites is 1. The molecule has 0 spiro atoms. The monoisotopic (exact) mass is 206 g/mol. The summed E-state index contributed by atoms with van der Waals surface area (Å²) in [4.78, 5) is 7.42. The Hall–Kier alpha value is -1.38. The molecule has 1 atom stereocenters. The van der Waals surface area contributed by atoms with E-state index in [2.05, 4.69) is 23.8 Å². The lowest BCUT2D eigenvalue weighted by Crippen LogP contribution is -1.99. The summed E-state index contributed by atoms with van der Waals surface area (Å²) in [7, 11) is 0. The number of nitrogens with zero attached hydrogens (tertiary/aromatic N) is 1. The van der Waals surface area contributed by atoms with E-state index in [9.17, 15) is 4.39 Å². The molecule has 1 N–H and O–H groups in total. The highest BCUT2D eigenvalue weighted by molar-refractivity contribution is 5.75. The van der Waals surface area contributed by atoms with Gasteiger partial charge in [-0.1, -0.05) is 26.3 Å². The molecular formula is C12H15FN2. The minimum atomic E-state index is -0.251. The van der Waals surface area contributed by atoms with E-state index >= 15 is 0 Å². The largest absolute Gasteiger partial charge is 0.342 e. The van der Waals surface area contributed by atoms with Gasteiger partial charge in [-0.15, -0.1) is 0 Å². The Balaban J connectivity index is 2.35. The van der Waals surface area contributed by atoms with Gasteiger partial charge >= 0.3 is 0 Å². The van der Waals surface area contributed by atoms with Crippen molar-refractivity contribution in [3.63, 3.8) is 0 Å². The first-order valence-electron chi connectivity index (χ1n) is 5.33. The van der Waals surface area contributed by atoms with Gasteiger partial charge in [0.05, 0.1) is 5.52 Å². The second kappa shape index (κ2) is 4.01. The highest BCUT2D eigenvalue weighted by Gasteiger charge is 2.08. The summed E-state index contributed by atoms with van der Waals surface area (Å²) in [5.74, 6) is 1.21. The van der Waals surface area contributed by atoms with Crippen LogP contribution in [0.15, 0.2) is 18.2 Å². The van der Waals surface area contributed by atoms with E-state index in [1.165, 1.54) is 6.07 Å². The summed E-state index contributed by atoms with van der Waals surface area (Å²) in [6.45, 7) is 4.32. The maximum Gasteiger partial charge on any atom is 0.151 e. The van der Waals surface area contributed by atoms with E-state index in [0.29, 0.717) is 11.4 Å². The van der Waals surface area contributed by atoms with Gasteiger partial charge in [-0.2, -0.15) is 0 Å². The zero-order valence-corrected chi connectivity index (χ0v) is 9.05. The third-order valence-electron chi connectivity index (χ3n) is 2.75. The minimum absolute atomic E-state index is 0.251. The van der Waals surface area contributed by atoms with Crippen LogP contribution < -0.4 is 0 Å². The fourth-order valence-electron chi connectivity index (χ4n) is 1.62. The molecule has 2 aromatic rings. The Kier molecular flexibility index (Phi) is 2.71. The summed E-state index contributed by atoms with van der Waals surface area (Å²) < 4.78 is 13.3. The summed E-state index contributed by atoms with van der Waals surface area (Å²) in [6.07, 6.45) is 1.99. The number of fused-ring (bicyclic) bond motifs is 1. The zero-order chi connectivity index (χ0) is 10.8. The molecule has 15 heavy (non-hydrogen) atoms. The predicted molar refractivity (Wildman–Crippen MR) is 59.2 cm³/mol. The molecule has 0 aliphatic carbocycles. The predicted octanol–water partition coefficient (Wildman–Crippen LogP) is 3.29. The van der Waals surface area contributed by atoms with Gasteiger partial charge < -0.3 is 4.98 Å². The normalized spacial score (nSPS) is 13.3. The molecule has 0 bridgehead atoms. The average molecular weight is 206 g/mol. The molecule has 0 saturated heterocycles. The van der Waals surface area contributed by atoms with Gasteiger partial charge in [0.15, 0.2) is 5.82 Å². The smallest absolute Gasteiger partial charge is 0.151 e. The molecule has 3 heteroatoms. The second-order valence-corrected chi connectivity index (χ2v) is 4.04. The van der Waals surface area contributed by atoms with E-state index in [4.69, 9.17) is 0 Å². The van der Waals surface area contributed by atoms with Gasteiger partial charge in [0.2, 0.25) is 0 Å². The van der Waals surface area contributed by atoms with E-state index in [-0.39, 0.29) is 5.82 Å². The van der Waals surface area contributed by atoms with Crippen molar-refractivity contribution in [3.05, 3.63) is 29.8 Å². The quantitative estimate of drug-likeness (QED) is 0.820. The lowest BCUT2D eigenvalue weighted by atomic mass is 10.1. The van der Waals surface area contributed by atoms with E-state index < -0.39 is 0 Å². The maximum atomic E-state index is 13.3. The molecule has 1 aromatic heterocycles. The molecule has 1 aromatic carbocycles. The van der Waals surface area contributed by atoms with E-state index in [0.717, 1.165) is 24.2 Å². The number of rotatable bonds is 3. The molecule has 0 saturated carbocycles. The first kappa shape index (κ1) is 10.1. The number of imidazole rings is 1. The van der Waals surface area contributed by atoms with Crippen molar-refractivity contribution in [2.75, 3.05) is 0 Å². The highest BCUT2D eigenvalue weighted by atomic mass is 19.1. The summed E-state index contributed by atoms with van der Waals surface area (Å²) in [5.41, 5.74) is 1.24. The molecule has 0 amide bonds. The number of benzene rings is 1. The van der Waals surface area contributed by atoms with Gasteiger partial charge in [0.1, 0.15) is 11.3 Å². The fraction of sp³-hybridized carbons (Fsp3) is 0.417. The Morgan fingerprint density at radius 1 is 1.47 bits per heavy atom. The number of aromatic nitrogens is 2. The van der Waals surface area contributed by atoms with Crippen LogP contribution >= 0.6 is 0 Å². The van der Waals surface area contributed by atoms with Crippen molar-refractivity contribution >= 4 is 11.0 Å². The van der Waals surface area contributed by atoms with Gasteiger partial charge in [-0.05, 0) is 18.1 Å². The second-order valence-electron chi connectivity index (χ2n) is 4.04. The Morgan fingerprint density at radius 3 is 2.93 bits per heavy atom. The summed E-state index contributed by atoms with van der Waals surface area (Å²) >= 11 is 0. The molecular weight excluding hydrogens is 191 g/mol. The third kappa shape index (κ3) is 2.01. The molecule has 1 heterocycles. The van der Waals surface area contributed by atoms with Crippen molar-refractivity contribution in [1.82, 2.24) is 9.97 Å². The van der Waals surface area contributed by atoms with Crippen LogP contribution in [0.4, 0.5) is 4.39 Å². The molecule has 0 aliphatic heterocycles. The number of hydrogen-bond acceptors (Lipinski definition) is 1. The number of aromatic amines is 1. The lowest BCUT2D eigenvalue weighted by molar-refractivity contribution is 0.547. The number of hydrogen-bond donors (Lipinski definition) is 1. The van der Waals surface area contributed by atoms with Gasteiger partial charge in [-0.25, -0.2) is 9.37 Å². The van der Waals surface area contributed by atoms with Crippen molar-refractivity contribution in [2.45, 2.75) is 26.7 Å². The first-order chi connectivity index (χ1) is 7.20. The van der Waals surface area contributed by atoms with Crippen LogP contribution in [0.1, 0.15) is 26.1 Å². The molecule has 0 radical (unpaired) electrons. The first-order valence-corrected chi connectivity index (χ1v) is 5.33. The van der Waals surface area contributed by atoms with Crippen LogP contribution in [0.3, 0.4) is 0 Å². The number of halogens is 1. The lowest BCUT2D eigenvalue weighted by Gasteiger charge is -2.03.